The van der Waals surface area contributed by atoms with Crippen molar-refractivity contribution < 1.29 is 14.7 Å². The van der Waals surface area contributed by atoms with Gasteiger partial charge in [-0.05, 0) is 11.6 Å². The van der Waals surface area contributed by atoms with Crippen molar-refractivity contribution in [3.05, 3.63) is 71.9 Å². The average Bonchev–Trinajstić information content (AvgIpc) is 3.03. The number of carboxylic acids is 1. The Balaban J connectivity index is 1.99. The number of carbonyl (C=O) groups excluding carboxylic acids is 2. The number of fused-ring (bicyclic) bond motifs is 1. The summed E-state index contributed by atoms with van der Waals surface area (Å²) in [4.78, 5) is 24.3. The molecule has 1 heterocycles. The molecule has 5 heteroatoms. The van der Waals surface area contributed by atoms with Gasteiger partial charge in [0.1, 0.15) is 0 Å². The minimum Gasteiger partial charge on any atom is -0.549 e. The molecule has 0 bridgehead atoms. The second kappa shape index (κ2) is 7.66. The number of Topliss-reactive ketones (excluding diaryl/α,β-unsaturated/α-hetero) is 1. The van der Waals surface area contributed by atoms with Gasteiger partial charge in [0, 0.05) is 47.5 Å². The van der Waals surface area contributed by atoms with Gasteiger partial charge in [0.2, 0.25) is 0 Å². The molecule has 0 saturated heterocycles. The predicted molar refractivity (Wildman–Crippen MR) is 95.3 cm³/mol. The van der Waals surface area contributed by atoms with Crippen LogP contribution >= 0.6 is 0 Å². The maximum Gasteiger partial charge on any atom is 0.163 e. The van der Waals surface area contributed by atoms with Gasteiger partial charge in [0.05, 0.1) is 12.5 Å². The fourth-order valence-electron chi connectivity index (χ4n) is 3.16. The number of nitrogens with zero attached hydrogens (tertiary/aromatic N) is 2. The Bertz CT molecular complexity index is 983. The van der Waals surface area contributed by atoms with Crippen molar-refractivity contribution in [2.75, 3.05) is 0 Å². The monoisotopic (exact) mass is 345 g/mol. The molecule has 0 aliphatic carbocycles. The molecule has 0 N–H and O–H groups in total. The lowest BCUT2D eigenvalue weighted by Crippen LogP contribution is -2.31. The number of carbonyl (C=O) groups is 2. The highest BCUT2D eigenvalue weighted by Gasteiger charge is 2.22. The van der Waals surface area contributed by atoms with Gasteiger partial charge in [0.15, 0.2) is 5.78 Å². The van der Waals surface area contributed by atoms with E-state index in [1.807, 2.05) is 28.8 Å². The van der Waals surface area contributed by atoms with E-state index in [4.69, 9.17) is 5.26 Å². The minimum atomic E-state index is -1.28. The molecule has 5 nitrogen and oxygen atoms in total. The zero-order valence-corrected chi connectivity index (χ0v) is 14.1. The molecule has 0 saturated carbocycles. The zero-order chi connectivity index (χ0) is 18.5. The van der Waals surface area contributed by atoms with Crippen LogP contribution in [0.1, 0.15) is 34.7 Å². The molecule has 0 radical (unpaired) electrons. The van der Waals surface area contributed by atoms with Crippen molar-refractivity contribution in [3.63, 3.8) is 0 Å². The van der Waals surface area contributed by atoms with Crippen LogP contribution in [0.3, 0.4) is 0 Å². The highest BCUT2D eigenvalue weighted by atomic mass is 16.4. The highest BCUT2D eigenvalue weighted by Crippen LogP contribution is 2.31. The van der Waals surface area contributed by atoms with E-state index in [-0.39, 0.29) is 12.2 Å². The van der Waals surface area contributed by atoms with Gasteiger partial charge in [-0.25, -0.2) is 0 Å². The van der Waals surface area contributed by atoms with Crippen molar-refractivity contribution in [2.24, 2.45) is 0 Å². The molecular formula is C21H17N2O3-. The number of benzene rings is 2. The quantitative estimate of drug-likeness (QED) is 0.616. The first kappa shape index (κ1) is 17.4. The number of rotatable bonds is 7. The first-order valence-electron chi connectivity index (χ1n) is 8.35. The number of aliphatic carboxylic acids is 1. The van der Waals surface area contributed by atoms with E-state index in [0.717, 1.165) is 10.9 Å². The number of nitriles is 1. The zero-order valence-electron chi connectivity index (χ0n) is 14.1. The van der Waals surface area contributed by atoms with Gasteiger partial charge in [-0.1, -0.05) is 48.5 Å². The standard InChI is InChI=1S/C21H18N2O3/c22-11-6-12-23-14-18(16-9-4-5-10-19(16)23)17(21(25)26)13-20(24)15-7-2-1-3-8-15/h1-5,7-10,14,17H,6,12-13H2,(H,25,26)/p-1/t17-/m0/s1. The maximum atomic E-state index is 12.5. The molecule has 0 fully saturated rings. The summed E-state index contributed by atoms with van der Waals surface area (Å²) in [5.41, 5.74) is 1.87. The Kier molecular flexibility index (Phi) is 5.14. The summed E-state index contributed by atoms with van der Waals surface area (Å²) in [6, 6.07) is 18.1. The van der Waals surface area contributed by atoms with Gasteiger partial charge < -0.3 is 14.5 Å². The van der Waals surface area contributed by atoms with E-state index in [1.165, 1.54) is 0 Å². The Labute approximate surface area is 151 Å². The summed E-state index contributed by atoms with van der Waals surface area (Å²) in [6.07, 6.45) is 1.87. The smallest absolute Gasteiger partial charge is 0.163 e. The van der Waals surface area contributed by atoms with Crippen LogP contribution in [0.2, 0.25) is 0 Å². The lowest BCUT2D eigenvalue weighted by atomic mass is 9.91. The first-order chi connectivity index (χ1) is 12.6. The van der Waals surface area contributed by atoms with E-state index in [9.17, 15) is 14.7 Å². The Morgan fingerprint density at radius 1 is 1.08 bits per heavy atom. The van der Waals surface area contributed by atoms with Gasteiger partial charge >= 0.3 is 0 Å². The van der Waals surface area contributed by atoms with Crippen LogP contribution < -0.4 is 5.11 Å². The van der Waals surface area contributed by atoms with Crippen LogP contribution in [0.25, 0.3) is 10.9 Å². The van der Waals surface area contributed by atoms with Crippen LogP contribution in [-0.2, 0) is 11.3 Å². The van der Waals surface area contributed by atoms with E-state index in [1.54, 1.807) is 36.5 Å². The molecular weight excluding hydrogens is 328 g/mol. The lowest BCUT2D eigenvalue weighted by Gasteiger charge is -2.17. The summed E-state index contributed by atoms with van der Waals surface area (Å²) < 4.78 is 1.86. The number of hydrogen-bond donors (Lipinski definition) is 0. The second-order valence-corrected chi connectivity index (χ2v) is 6.07. The van der Waals surface area contributed by atoms with Gasteiger partial charge in [-0.15, -0.1) is 0 Å². The number of ketones is 1. The molecule has 0 amide bonds. The molecule has 2 aromatic carbocycles. The largest absolute Gasteiger partial charge is 0.549 e. The van der Waals surface area contributed by atoms with Crippen LogP contribution in [0.4, 0.5) is 0 Å². The molecule has 0 aliphatic heterocycles. The summed E-state index contributed by atoms with van der Waals surface area (Å²) in [7, 11) is 0. The molecule has 26 heavy (non-hydrogen) atoms. The molecule has 0 spiro atoms. The molecule has 3 rings (SSSR count). The van der Waals surface area contributed by atoms with Crippen molar-refractivity contribution >= 4 is 22.7 Å². The minimum absolute atomic E-state index is 0.168. The molecule has 0 unspecified atom stereocenters. The van der Waals surface area contributed by atoms with Crippen molar-refractivity contribution in [1.29, 1.82) is 5.26 Å². The van der Waals surface area contributed by atoms with E-state index in [2.05, 4.69) is 6.07 Å². The number of hydrogen-bond acceptors (Lipinski definition) is 4. The molecule has 130 valence electrons. The van der Waals surface area contributed by atoms with Gasteiger partial charge in [0.25, 0.3) is 0 Å². The first-order valence-corrected chi connectivity index (χ1v) is 8.35. The topological polar surface area (TPSA) is 85.9 Å². The Morgan fingerprint density at radius 2 is 1.77 bits per heavy atom. The van der Waals surface area contributed by atoms with Crippen molar-refractivity contribution in [2.45, 2.75) is 25.3 Å². The third kappa shape index (κ3) is 3.50. The van der Waals surface area contributed by atoms with Crippen LogP contribution in [-0.4, -0.2) is 16.3 Å². The lowest BCUT2D eigenvalue weighted by molar-refractivity contribution is -0.307. The predicted octanol–water partition coefficient (Wildman–Crippen LogP) is 2.66. The SMILES string of the molecule is N#CCCn1cc([C@H](CC(=O)c2ccccc2)C(=O)[O-])c2ccccc21. The van der Waals surface area contributed by atoms with Crippen LogP contribution in [0.5, 0.6) is 0 Å². The third-order valence-electron chi connectivity index (χ3n) is 4.43. The van der Waals surface area contributed by atoms with Crippen LogP contribution in [0.15, 0.2) is 60.8 Å². The fourth-order valence-corrected chi connectivity index (χ4v) is 3.16. The molecule has 1 atom stereocenters. The maximum absolute atomic E-state index is 12.5. The number of para-hydroxylation sites is 1. The van der Waals surface area contributed by atoms with E-state index >= 15 is 0 Å². The average molecular weight is 345 g/mol. The summed E-state index contributed by atoms with van der Waals surface area (Å²) in [5, 5.41) is 21.4. The number of aromatic nitrogens is 1. The van der Waals surface area contributed by atoms with E-state index in [0.29, 0.717) is 24.1 Å². The molecule has 0 aliphatic rings. The Hall–Kier alpha value is -3.39. The summed E-state index contributed by atoms with van der Waals surface area (Å²) in [6.45, 7) is 0.462. The fraction of sp³-hybridized carbons (Fsp3) is 0.190. The molecule has 1 aromatic heterocycles. The third-order valence-corrected chi connectivity index (χ3v) is 4.43. The van der Waals surface area contributed by atoms with Crippen molar-refractivity contribution in [3.8, 4) is 6.07 Å². The number of carboxylic acid groups (broad SMARTS) is 1. The van der Waals surface area contributed by atoms with Gasteiger partial charge in [-0.2, -0.15) is 5.26 Å². The summed E-state index contributed by atoms with van der Waals surface area (Å²) in [5.74, 6) is -2.57. The number of aryl methyl sites for hydroxylation is 1. The molecule has 3 aromatic rings. The highest BCUT2D eigenvalue weighted by molar-refractivity contribution is 6.00. The Morgan fingerprint density at radius 3 is 2.46 bits per heavy atom. The summed E-state index contributed by atoms with van der Waals surface area (Å²) >= 11 is 0. The normalized spacial score (nSPS) is 11.8. The van der Waals surface area contributed by atoms with E-state index < -0.39 is 11.9 Å². The van der Waals surface area contributed by atoms with Crippen LogP contribution in [0, 0.1) is 11.3 Å². The van der Waals surface area contributed by atoms with Gasteiger partial charge in [-0.3, -0.25) is 4.79 Å². The second-order valence-electron chi connectivity index (χ2n) is 6.07. The van der Waals surface area contributed by atoms with Crippen molar-refractivity contribution in [1.82, 2.24) is 4.57 Å².